The summed E-state index contributed by atoms with van der Waals surface area (Å²) in [6, 6.07) is 10.9. The highest BCUT2D eigenvalue weighted by Crippen LogP contribution is 2.32. The maximum absolute atomic E-state index is 12.9. The molecule has 156 valence electrons. The van der Waals surface area contributed by atoms with Crippen LogP contribution in [0.25, 0.3) is 11.3 Å². The highest BCUT2D eigenvalue weighted by Gasteiger charge is 2.36. The molecular weight excluding hydrogens is 484 g/mol. The molecule has 0 N–H and O–H groups in total. The van der Waals surface area contributed by atoms with Crippen molar-refractivity contribution in [2.75, 3.05) is 5.01 Å². The van der Waals surface area contributed by atoms with Crippen molar-refractivity contribution in [3.05, 3.63) is 68.0 Å². The molecule has 4 rings (SSSR count). The summed E-state index contributed by atoms with van der Waals surface area (Å²) < 4.78 is 0.908. The maximum atomic E-state index is 12.9. The summed E-state index contributed by atoms with van der Waals surface area (Å²) in [6.07, 6.45) is 0. The molecule has 31 heavy (non-hydrogen) atoms. The maximum Gasteiger partial charge on any atom is 0.282 e. The molecule has 0 radical (unpaired) electrons. The van der Waals surface area contributed by atoms with Crippen LogP contribution in [-0.2, 0) is 4.79 Å². The van der Waals surface area contributed by atoms with Gasteiger partial charge in [0, 0.05) is 27.5 Å². The lowest BCUT2D eigenvalue weighted by molar-refractivity contribution is -0.384. The Morgan fingerprint density at radius 1 is 1.23 bits per heavy atom. The number of hydrazone groups is 1. The molecule has 0 saturated heterocycles. The van der Waals surface area contributed by atoms with E-state index in [2.05, 4.69) is 36.2 Å². The molecule has 1 aliphatic rings. The van der Waals surface area contributed by atoms with Gasteiger partial charge in [-0.2, -0.15) is 20.3 Å². The summed E-state index contributed by atoms with van der Waals surface area (Å²) in [7, 11) is 0. The Morgan fingerprint density at radius 2 is 2.03 bits per heavy atom. The number of nitro groups is 1. The third-order valence-electron chi connectivity index (χ3n) is 4.57. The molecule has 0 saturated carbocycles. The Morgan fingerprint density at radius 3 is 2.77 bits per heavy atom. The lowest BCUT2D eigenvalue weighted by Gasteiger charge is -2.08. The van der Waals surface area contributed by atoms with Crippen molar-refractivity contribution >= 4 is 55.4 Å². The lowest BCUT2D eigenvalue weighted by Crippen LogP contribution is -2.29. The largest absolute Gasteiger partial charge is 0.282 e. The number of thiazole rings is 1. The lowest BCUT2D eigenvalue weighted by atomic mass is 10.1. The molecule has 0 spiro atoms. The zero-order valence-corrected chi connectivity index (χ0v) is 18.8. The number of amides is 1. The number of rotatable bonds is 5. The Bertz CT molecular complexity index is 1260. The number of hydrogen-bond acceptors (Lipinski definition) is 8. The van der Waals surface area contributed by atoms with Crippen LogP contribution in [0.2, 0.25) is 0 Å². The van der Waals surface area contributed by atoms with Gasteiger partial charge in [-0.1, -0.05) is 34.1 Å². The number of non-ortho nitro benzene ring substituents is 1. The van der Waals surface area contributed by atoms with E-state index >= 15 is 0 Å². The van der Waals surface area contributed by atoms with Crippen LogP contribution in [0, 0.1) is 17.0 Å². The van der Waals surface area contributed by atoms with Gasteiger partial charge < -0.3 is 0 Å². The van der Waals surface area contributed by atoms with Gasteiger partial charge in [0.05, 0.1) is 22.0 Å². The second-order valence-electron chi connectivity index (χ2n) is 6.77. The number of anilines is 1. The fraction of sp³-hybridized carbons (Fsp3) is 0.150. The third-order valence-corrected chi connectivity index (χ3v) is 6.24. The summed E-state index contributed by atoms with van der Waals surface area (Å²) >= 11 is 4.67. The molecule has 0 aliphatic carbocycles. The predicted octanol–water partition coefficient (Wildman–Crippen LogP) is 5.66. The number of azo groups is 1. The fourth-order valence-corrected chi connectivity index (χ4v) is 4.02. The van der Waals surface area contributed by atoms with Gasteiger partial charge in [-0.25, -0.2) is 4.98 Å². The van der Waals surface area contributed by atoms with Gasteiger partial charge in [0.15, 0.2) is 6.04 Å². The second-order valence-corrected chi connectivity index (χ2v) is 8.46. The van der Waals surface area contributed by atoms with Crippen molar-refractivity contribution in [1.29, 1.82) is 0 Å². The average molecular weight is 499 g/mol. The normalized spacial score (nSPS) is 16.2. The number of aryl methyl sites for hydroxylation is 1. The highest BCUT2D eigenvalue weighted by molar-refractivity contribution is 9.10. The first-order valence-corrected chi connectivity index (χ1v) is 10.8. The van der Waals surface area contributed by atoms with E-state index in [4.69, 9.17) is 0 Å². The van der Waals surface area contributed by atoms with E-state index in [9.17, 15) is 14.9 Å². The smallest absolute Gasteiger partial charge is 0.269 e. The van der Waals surface area contributed by atoms with E-state index in [1.54, 1.807) is 24.4 Å². The van der Waals surface area contributed by atoms with Crippen LogP contribution in [0.4, 0.5) is 16.5 Å². The molecule has 0 fully saturated rings. The standard InChI is InChI=1S/C20H15BrN6O3S/c1-11-6-7-14(9-16(11)21)23-24-18-12(2)25-26(19(18)28)20-22-17(10-31-20)13-4-3-5-15(8-13)27(29)30/h3-10,18H,1-2H3/t18-/m1/s1. The molecule has 1 amide bonds. The Balaban J connectivity index is 1.55. The van der Waals surface area contributed by atoms with Gasteiger partial charge >= 0.3 is 0 Å². The van der Waals surface area contributed by atoms with E-state index in [1.165, 1.54) is 28.5 Å². The van der Waals surface area contributed by atoms with Crippen molar-refractivity contribution in [3.8, 4) is 11.3 Å². The minimum atomic E-state index is -0.828. The topological polar surface area (TPSA) is 113 Å². The molecule has 3 aromatic rings. The number of nitrogens with zero attached hydrogens (tertiary/aromatic N) is 6. The van der Waals surface area contributed by atoms with Crippen LogP contribution in [0.5, 0.6) is 0 Å². The number of hydrogen-bond donors (Lipinski definition) is 0. The summed E-state index contributed by atoms with van der Waals surface area (Å²) in [5, 5.41) is 27.0. The fourth-order valence-electron chi connectivity index (χ4n) is 2.87. The number of halogens is 1. The monoisotopic (exact) mass is 498 g/mol. The molecule has 1 aliphatic heterocycles. The van der Waals surface area contributed by atoms with Gasteiger partial charge in [-0.3, -0.25) is 14.9 Å². The number of carbonyl (C=O) groups is 1. The van der Waals surface area contributed by atoms with Crippen molar-refractivity contribution in [2.45, 2.75) is 19.9 Å². The predicted molar refractivity (Wildman–Crippen MR) is 122 cm³/mol. The molecule has 11 heteroatoms. The summed E-state index contributed by atoms with van der Waals surface area (Å²) in [4.78, 5) is 27.9. The first kappa shape index (κ1) is 20.9. The van der Waals surface area contributed by atoms with Crippen molar-refractivity contribution in [3.63, 3.8) is 0 Å². The third kappa shape index (κ3) is 4.28. The van der Waals surface area contributed by atoms with E-state index < -0.39 is 11.0 Å². The first-order valence-electron chi connectivity index (χ1n) is 9.10. The number of benzene rings is 2. The molecule has 2 heterocycles. The Hall–Kier alpha value is -3.31. The van der Waals surface area contributed by atoms with Gasteiger partial charge in [-0.15, -0.1) is 11.3 Å². The van der Waals surface area contributed by atoms with Crippen LogP contribution in [-0.4, -0.2) is 27.6 Å². The number of carbonyl (C=O) groups excluding carboxylic acids is 1. The van der Waals surface area contributed by atoms with Gasteiger partial charge in [0.1, 0.15) is 0 Å². The van der Waals surface area contributed by atoms with Crippen LogP contribution in [0.15, 0.2) is 67.6 Å². The molecule has 1 aromatic heterocycles. The van der Waals surface area contributed by atoms with E-state index in [-0.39, 0.29) is 11.6 Å². The quantitative estimate of drug-likeness (QED) is 0.256. The Labute approximate surface area is 189 Å². The van der Waals surface area contributed by atoms with Gasteiger partial charge in [0.2, 0.25) is 5.13 Å². The molecule has 0 unspecified atom stereocenters. The van der Waals surface area contributed by atoms with E-state index in [0.29, 0.717) is 27.8 Å². The second kappa shape index (κ2) is 8.44. The minimum Gasteiger partial charge on any atom is -0.269 e. The summed E-state index contributed by atoms with van der Waals surface area (Å²) in [6.45, 7) is 3.68. The molecule has 9 nitrogen and oxygen atoms in total. The zero-order valence-electron chi connectivity index (χ0n) is 16.4. The van der Waals surface area contributed by atoms with Crippen LogP contribution in [0.1, 0.15) is 12.5 Å². The summed E-state index contributed by atoms with van der Waals surface area (Å²) in [5.41, 5.74) is 3.29. The molecule has 2 aromatic carbocycles. The van der Waals surface area contributed by atoms with Crippen LogP contribution < -0.4 is 5.01 Å². The van der Waals surface area contributed by atoms with E-state index in [1.807, 2.05) is 25.1 Å². The molecule has 1 atom stereocenters. The SMILES string of the molecule is CC1=NN(c2nc(-c3cccc([N+](=O)[O-])c3)cs2)C(=O)[C@@H]1N=Nc1ccc(C)c(Br)c1. The highest BCUT2D eigenvalue weighted by atomic mass is 79.9. The molecular formula is C20H15BrN6O3S. The van der Waals surface area contributed by atoms with Gasteiger partial charge in [-0.05, 0) is 31.5 Å². The van der Waals surface area contributed by atoms with Crippen molar-refractivity contribution in [2.24, 2.45) is 15.3 Å². The summed E-state index contributed by atoms with van der Waals surface area (Å²) in [5.74, 6) is -0.354. The van der Waals surface area contributed by atoms with Gasteiger partial charge in [0.25, 0.3) is 11.6 Å². The Kier molecular flexibility index (Phi) is 5.70. The minimum absolute atomic E-state index is 0.0265. The average Bonchev–Trinajstić information content (AvgIpc) is 3.34. The number of aromatic nitrogens is 1. The zero-order chi connectivity index (χ0) is 22.1. The molecule has 0 bridgehead atoms. The van der Waals surface area contributed by atoms with Crippen LogP contribution >= 0.6 is 27.3 Å². The van der Waals surface area contributed by atoms with E-state index in [0.717, 1.165) is 10.0 Å². The number of nitro benzene ring substituents is 1. The van der Waals surface area contributed by atoms with Crippen LogP contribution in [0.3, 0.4) is 0 Å². The van der Waals surface area contributed by atoms with Crippen molar-refractivity contribution in [1.82, 2.24) is 4.98 Å². The first-order chi connectivity index (χ1) is 14.8. The van der Waals surface area contributed by atoms with Crippen molar-refractivity contribution < 1.29 is 9.72 Å².